The number of carbonyl (C=O) groups is 1. The molecular weight excluding hydrogens is 270 g/mol. The van der Waals surface area contributed by atoms with Crippen molar-refractivity contribution in [1.29, 1.82) is 0 Å². The van der Waals surface area contributed by atoms with Crippen molar-refractivity contribution >= 4 is 17.2 Å². The van der Waals surface area contributed by atoms with Gasteiger partial charge in [0.15, 0.2) is 0 Å². The molecule has 1 aromatic carbocycles. The minimum absolute atomic E-state index is 0.0616. The van der Waals surface area contributed by atoms with Crippen molar-refractivity contribution in [2.75, 3.05) is 0 Å². The monoisotopic (exact) mass is 289 g/mol. The van der Waals surface area contributed by atoms with E-state index < -0.39 is 0 Å². The van der Waals surface area contributed by atoms with Crippen molar-refractivity contribution in [3.05, 3.63) is 52.2 Å². The Hall–Kier alpha value is -1.81. The third-order valence-electron chi connectivity index (χ3n) is 3.03. The van der Waals surface area contributed by atoms with Crippen molar-refractivity contribution in [3.63, 3.8) is 0 Å². The van der Waals surface area contributed by atoms with Crippen LogP contribution in [-0.2, 0) is 6.54 Å². The predicted molar refractivity (Wildman–Crippen MR) is 82.3 cm³/mol. The number of ether oxygens (including phenoxy) is 1. The molecular formula is C16H19NO2S. The molecule has 20 heavy (non-hydrogen) atoms. The van der Waals surface area contributed by atoms with E-state index in [9.17, 15) is 4.79 Å². The standard InChI is InChI=1S/C16H19NO2S/c1-3-12(2)19-14-8-6-13(7-9-14)16(18)17-11-15-5-4-10-20-15/h4-10,12H,3,11H2,1-2H3,(H,17,18)/t12-/m0/s1. The van der Waals surface area contributed by atoms with E-state index in [1.807, 2.05) is 36.6 Å². The van der Waals surface area contributed by atoms with E-state index in [1.165, 1.54) is 0 Å². The van der Waals surface area contributed by atoms with Crippen LogP contribution in [0.15, 0.2) is 41.8 Å². The molecule has 1 atom stereocenters. The van der Waals surface area contributed by atoms with Crippen LogP contribution in [0, 0.1) is 0 Å². The van der Waals surface area contributed by atoms with Crippen LogP contribution in [-0.4, -0.2) is 12.0 Å². The van der Waals surface area contributed by atoms with Crippen molar-refractivity contribution in [2.24, 2.45) is 0 Å². The average molecular weight is 289 g/mol. The lowest BCUT2D eigenvalue weighted by Gasteiger charge is -2.12. The summed E-state index contributed by atoms with van der Waals surface area (Å²) < 4.78 is 5.69. The Balaban J connectivity index is 1.90. The maximum Gasteiger partial charge on any atom is 0.251 e. The Morgan fingerprint density at radius 2 is 2.05 bits per heavy atom. The number of nitrogens with one attached hydrogen (secondary N) is 1. The van der Waals surface area contributed by atoms with Crippen LogP contribution in [0.3, 0.4) is 0 Å². The zero-order valence-electron chi connectivity index (χ0n) is 11.8. The smallest absolute Gasteiger partial charge is 0.251 e. The van der Waals surface area contributed by atoms with Gasteiger partial charge < -0.3 is 10.1 Å². The summed E-state index contributed by atoms with van der Waals surface area (Å²) in [6.45, 7) is 4.68. The fraction of sp³-hybridized carbons (Fsp3) is 0.312. The first kappa shape index (κ1) is 14.6. The lowest BCUT2D eigenvalue weighted by molar-refractivity contribution is 0.0951. The van der Waals surface area contributed by atoms with Gasteiger partial charge in [-0.3, -0.25) is 4.79 Å². The second kappa shape index (κ2) is 7.10. The average Bonchev–Trinajstić information content (AvgIpc) is 2.98. The number of thiophene rings is 1. The Morgan fingerprint density at radius 3 is 2.65 bits per heavy atom. The number of carbonyl (C=O) groups excluding carboxylic acids is 1. The van der Waals surface area contributed by atoms with Gasteiger partial charge in [0.25, 0.3) is 5.91 Å². The largest absolute Gasteiger partial charge is 0.491 e. The Kier molecular flexibility index (Phi) is 5.18. The highest BCUT2D eigenvalue weighted by Crippen LogP contribution is 2.15. The summed E-state index contributed by atoms with van der Waals surface area (Å²) >= 11 is 1.64. The molecule has 0 saturated carbocycles. The predicted octanol–water partition coefficient (Wildman–Crippen LogP) is 3.86. The van der Waals surface area contributed by atoms with Crippen LogP contribution in [0.4, 0.5) is 0 Å². The van der Waals surface area contributed by atoms with Gasteiger partial charge >= 0.3 is 0 Å². The summed E-state index contributed by atoms with van der Waals surface area (Å²) in [6.07, 6.45) is 1.15. The first-order chi connectivity index (χ1) is 9.69. The quantitative estimate of drug-likeness (QED) is 0.877. The van der Waals surface area contributed by atoms with E-state index in [0.29, 0.717) is 12.1 Å². The summed E-state index contributed by atoms with van der Waals surface area (Å²) in [5.74, 6) is 0.739. The van der Waals surface area contributed by atoms with Gasteiger partial charge in [-0.25, -0.2) is 0 Å². The molecule has 1 N–H and O–H groups in total. The minimum atomic E-state index is -0.0616. The first-order valence-electron chi connectivity index (χ1n) is 6.76. The molecule has 0 unspecified atom stereocenters. The second-order valence-corrected chi connectivity index (χ2v) is 5.66. The molecule has 0 bridgehead atoms. The van der Waals surface area contributed by atoms with Gasteiger partial charge in [0.05, 0.1) is 12.6 Å². The summed E-state index contributed by atoms with van der Waals surface area (Å²) in [6, 6.07) is 11.3. The molecule has 1 amide bonds. The highest BCUT2D eigenvalue weighted by molar-refractivity contribution is 7.09. The van der Waals surface area contributed by atoms with E-state index in [1.54, 1.807) is 23.5 Å². The van der Waals surface area contributed by atoms with Crippen LogP contribution in [0.25, 0.3) is 0 Å². The number of hydrogen-bond acceptors (Lipinski definition) is 3. The number of hydrogen-bond donors (Lipinski definition) is 1. The SMILES string of the molecule is CC[C@H](C)Oc1ccc(C(=O)NCc2cccs2)cc1. The molecule has 0 aliphatic heterocycles. The fourth-order valence-electron chi connectivity index (χ4n) is 1.68. The Bertz CT molecular complexity index is 534. The first-order valence-corrected chi connectivity index (χ1v) is 7.64. The number of amides is 1. The van der Waals surface area contributed by atoms with E-state index in [2.05, 4.69) is 12.2 Å². The topological polar surface area (TPSA) is 38.3 Å². The summed E-state index contributed by atoms with van der Waals surface area (Å²) in [7, 11) is 0. The minimum Gasteiger partial charge on any atom is -0.491 e. The van der Waals surface area contributed by atoms with Gasteiger partial charge in [-0.15, -0.1) is 11.3 Å². The van der Waals surface area contributed by atoms with Gasteiger partial charge in [-0.1, -0.05) is 13.0 Å². The zero-order chi connectivity index (χ0) is 14.4. The molecule has 1 aromatic heterocycles. The van der Waals surface area contributed by atoms with Crippen molar-refractivity contribution < 1.29 is 9.53 Å². The van der Waals surface area contributed by atoms with E-state index in [-0.39, 0.29) is 12.0 Å². The van der Waals surface area contributed by atoms with Gasteiger partial charge in [0.2, 0.25) is 0 Å². The second-order valence-electron chi connectivity index (χ2n) is 4.62. The molecule has 0 fully saturated rings. The van der Waals surface area contributed by atoms with Crippen LogP contribution in [0.2, 0.25) is 0 Å². The molecule has 0 spiro atoms. The third kappa shape index (κ3) is 4.10. The van der Waals surface area contributed by atoms with E-state index >= 15 is 0 Å². The molecule has 0 aliphatic carbocycles. The lowest BCUT2D eigenvalue weighted by Crippen LogP contribution is -2.22. The van der Waals surface area contributed by atoms with Crippen molar-refractivity contribution in [1.82, 2.24) is 5.32 Å². The summed E-state index contributed by atoms with van der Waals surface area (Å²) in [5.41, 5.74) is 0.651. The maximum absolute atomic E-state index is 12.0. The number of benzene rings is 1. The molecule has 0 radical (unpaired) electrons. The molecule has 0 aliphatic rings. The highest BCUT2D eigenvalue weighted by atomic mass is 32.1. The van der Waals surface area contributed by atoms with Gasteiger partial charge in [-0.05, 0) is 49.1 Å². The molecule has 2 aromatic rings. The Morgan fingerprint density at radius 1 is 1.30 bits per heavy atom. The summed E-state index contributed by atoms with van der Waals surface area (Å²) in [5, 5.41) is 4.91. The molecule has 3 nitrogen and oxygen atoms in total. The molecule has 4 heteroatoms. The van der Waals surface area contributed by atoms with Crippen LogP contribution in [0.1, 0.15) is 35.5 Å². The zero-order valence-corrected chi connectivity index (χ0v) is 12.6. The Labute approximate surface area is 123 Å². The molecule has 1 heterocycles. The third-order valence-corrected chi connectivity index (χ3v) is 3.91. The molecule has 0 saturated heterocycles. The van der Waals surface area contributed by atoms with Crippen LogP contribution >= 0.6 is 11.3 Å². The van der Waals surface area contributed by atoms with Crippen molar-refractivity contribution in [3.8, 4) is 5.75 Å². The van der Waals surface area contributed by atoms with Crippen LogP contribution in [0.5, 0.6) is 5.75 Å². The summed E-state index contributed by atoms with van der Waals surface area (Å²) in [4.78, 5) is 13.1. The van der Waals surface area contributed by atoms with E-state index in [4.69, 9.17) is 4.74 Å². The van der Waals surface area contributed by atoms with Gasteiger partial charge in [0.1, 0.15) is 5.75 Å². The lowest BCUT2D eigenvalue weighted by atomic mass is 10.2. The van der Waals surface area contributed by atoms with E-state index in [0.717, 1.165) is 17.0 Å². The molecule has 106 valence electrons. The van der Waals surface area contributed by atoms with Gasteiger partial charge in [0, 0.05) is 10.4 Å². The fourth-order valence-corrected chi connectivity index (χ4v) is 2.33. The molecule has 2 rings (SSSR count). The van der Waals surface area contributed by atoms with Gasteiger partial charge in [-0.2, -0.15) is 0 Å². The van der Waals surface area contributed by atoms with Crippen molar-refractivity contribution in [2.45, 2.75) is 32.9 Å². The normalized spacial score (nSPS) is 11.9. The number of rotatable bonds is 6. The maximum atomic E-state index is 12.0. The van der Waals surface area contributed by atoms with Crippen LogP contribution < -0.4 is 10.1 Å². The highest BCUT2D eigenvalue weighted by Gasteiger charge is 2.07.